The monoisotopic (exact) mass is 416 g/mol. The summed E-state index contributed by atoms with van der Waals surface area (Å²) in [5, 5.41) is 2.76. The van der Waals surface area contributed by atoms with Crippen LogP contribution in [0.5, 0.6) is 0 Å². The second-order valence-corrected chi connectivity index (χ2v) is 8.24. The molecule has 0 saturated carbocycles. The maximum absolute atomic E-state index is 12.4. The van der Waals surface area contributed by atoms with Crippen molar-refractivity contribution in [3.05, 3.63) is 71.8 Å². The lowest BCUT2D eigenvalue weighted by Crippen LogP contribution is -2.30. The molecule has 2 N–H and O–H groups in total. The lowest BCUT2D eigenvalue weighted by atomic mass is 10.1. The van der Waals surface area contributed by atoms with E-state index in [0.29, 0.717) is 5.69 Å². The van der Waals surface area contributed by atoms with Gasteiger partial charge in [0.15, 0.2) is 6.10 Å². The lowest BCUT2D eigenvalue weighted by Gasteiger charge is -2.16. The second-order valence-electron chi connectivity index (χ2n) is 6.47. The Kier molecular flexibility index (Phi) is 7.30. The topological polar surface area (TPSA) is 102 Å². The summed E-state index contributed by atoms with van der Waals surface area (Å²) in [6.07, 6.45) is 0.340. The standard InChI is InChI=1S/C21H24N2O5S/c1-5-12-22-29(26,27)18-11-7-10-17(13-18)21(25)28-16(4)20(24)23-19-14(2)8-6-9-15(19)3/h5-11,13,16,22H,1,12H2,2-4H3,(H,23,24)/t16-/m0/s1. The minimum atomic E-state index is -3.78. The molecular weight excluding hydrogens is 392 g/mol. The van der Waals surface area contributed by atoms with E-state index in [1.54, 1.807) is 0 Å². The third kappa shape index (κ3) is 5.75. The number of anilines is 1. The Balaban J connectivity index is 2.10. The predicted octanol–water partition coefficient (Wildman–Crippen LogP) is 2.95. The molecule has 29 heavy (non-hydrogen) atoms. The van der Waals surface area contributed by atoms with E-state index in [0.717, 1.165) is 11.1 Å². The first kappa shape index (κ1) is 22.3. The predicted molar refractivity (Wildman–Crippen MR) is 111 cm³/mol. The van der Waals surface area contributed by atoms with E-state index < -0.39 is 28.0 Å². The molecule has 0 unspecified atom stereocenters. The van der Waals surface area contributed by atoms with Crippen molar-refractivity contribution in [1.82, 2.24) is 4.72 Å². The summed E-state index contributed by atoms with van der Waals surface area (Å²) in [6, 6.07) is 11.0. The normalized spacial score (nSPS) is 12.1. The summed E-state index contributed by atoms with van der Waals surface area (Å²) < 4.78 is 31.9. The lowest BCUT2D eigenvalue weighted by molar-refractivity contribution is -0.123. The molecule has 1 atom stereocenters. The minimum Gasteiger partial charge on any atom is -0.449 e. The Hall–Kier alpha value is -2.97. The highest BCUT2D eigenvalue weighted by Gasteiger charge is 2.22. The molecule has 0 heterocycles. The quantitative estimate of drug-likeness (QED) is 0.509. The first-order valence-electron chi connectivity index (χ1n) is 8.94. The number of carbonyl (C=O) groups is 2. The molecule has 0 saturated heterocycles. The Labute approximate surface area is 170 Å². The molecule has 0 aliphatic heterocycles. The van der Waals surface area contributed by atoms with Gasteiger partial charge in [0.2, 0.25) is 10.0 Å². The van der Waals surface area contributed by atoms with Crippen molar-refractivity contribution < 1.29 is 22.7 Å². The summed E-state index contributed by atoms with van der Waals surface area (Å²) in [7, 11) is -3.78. The van der Waals surface area contributed by atoms with Crippen molar-refractivity contribution in [3.8, 4) is 0 Å². The average Bonchev–Trinajstić information content (AvgIpc) is 2.69. The van der Waals surface area contributed by atoms with Crippen LogP contribution >= 0.6 is 0 Å². The second kappa shape index (κ2) is 9.49. The maximum atomic E-state index is 12.4. The number of nitrogens with one attached hydrogen (secondary N) is 2. The zero-order valence-corrected chi connectivity index (χ0v) is 17.4. The molecule has 2 aromatic rings. The van der Waals surface area contributed by atoms with Crippen LogP contribution in [0.1, 0.15) is 28.4 Å². The molecule has 0 radical (unpaired) electrons. The number of benzene rings is 2. The number of aryl methyl sites for hydroxylation is 2. The van der Waals surface area contributed by atoms with Crippen LogP contribution in [0, 0.1) is 13.8 Å². The largest absolute Gasteiger partial charge is 0.449 e. The molecule has 8 heteroatoms. The van der Waals surface area contributed by atoms with Crippen LogP contribution in [-0.2, 0) is 19.6 Å². The van der Waals surface area contributed by atoms with Crippen LogP contribution < -0.4 is 10.0 Å². The Morgan fingerprint density at radius 1 is 1.14 bits per heavy atom. The highest BCUT2D eigenvalue weighted by atomic mass is 32.2. The van der Waals surface area contributed by atoms with Crippen molar-refractivity contribution in [2.45, 2.75) is 31.8 Å². The Morgan fingerprint density at radius 3 is 2.38 bits per heavy atom. The maximum Gasteiger partial charge on any atom is 0.338 e. The molecule has 7 nitrogen and oxygen atoms in total. The summed E-state index contributed by atoms with van der Waals surface area (Å²) in [4.78, 5) is 24.7. The van der Waals surface area contributed by atoms with Crippen molar-refractivity contribution in [1.29, 1.82) is 0 Å². The zero-order valence-electron chi connectivity index (χ0n) is 16.6. The summed E-state index contributed by atoms with van der Waals surface area (Å²) in [5.41, 5.74) is 2.48. The molecule has 2 rings (SSSR count). The molecule has 2 aromatic carbocycles. The first-order chi connectivity index (χ1) is 13.7. The van der Waals surface area contributed by atoms with Gasteiger partial charge in [-0.25, -0.2) is 17.9 Å². The van der Waals surface area contributed by atoms with Crippen molar-refractivity contribution in [3.63, 3.8) is 0 Å². The van der Waals surface area contributed by atoms with Gasteiger partial charge >= 0.3 is 5.97 Å². The van der Waals surface area contributed by atoms with Crippen molar-refractivity contribution in [2.75, 3.05) is 11.9 Å². The van der Waals surface area contributed by atoms with Gasteiger partial charge in [-0.3, -0.25) is 4.79 Å². The smallest absolute Gasteiger partial charge is 0.338 e. The van der Waals surface area contributed by atoms with Crippen LogP contribution in [0.2, 0.25) is 0 Å². The number of esters is 1. The highest BCUT2D eigenvalue weighted by Crippen LogP contribution is 2.20. The van der Waals surface area contributed by atoms with E-state index in [1.165, 1.54) is 37.3 Å². The fourth-order valence-electron chi connectivity index (χ4n) is 2.56. The minimum absolute atomic E-state index is 0.0261. The number of amides is 1. The fraction of sp³-hybridized carbons (Fsp3) is 0.238. The van der Waals surface area contributed by atoms with E-state index >= 15 is 0 Å². The molecular formula is C21H24N2O5S. The van der Waals surface area contributed by atoms with E-state index in [4.69, 9.17) is 4.74 Å². The Bertz CT molecular complexity index is 1010. The number of hydrogen-bond acceptors (Lipinski definition) is 5. The molecule has 0 aliphatic carbocycles. The van der Waals surface area contributed by atoms with E-state index in [2.05, 4.69) is 16.6 Å². The SMILES string of the molecule is C=CCNS(=O)(=O)c1cccc(C(=O)O[C@@H](C)C(=O)Nc2c(C)cccc2C)c1. The van der Waals surface area contributed by atoms with Gasteiger partial charge in [-0.1, -0.05) is 30.3 Å². The van der Waals surface area contributed by atoms with Crippen LogP contribution in [-0.4, -0.2) is 32.9 Å². The average molecular weight is 416 g/mol. The van der Waals surface area contributed by atoms with Crippen LogP contribution in [0.3, 0.4) is 0 Å². The van der Waals surface area contributed by atoms with Crippen molar-refractivity contribution >= 4 is 27.6 Å². The van der Waals surface area contributed by atoms with Crippen LogP contribution in [0.25, 0.3) is 0 Å². The highest BCUT2D eigenvalue weighted by molar-refractivity contribution is 7.89. The van der Waals surface area contributed by atoms with Gasteiger partial charge in [-0.15, -0.1) is 6.58 Å². The fourth-order valence-corrected chi connectivity index (χ4v) is 3.60. The van der Waals surface area contributed by atoms with Gasteiger partial charge in [0, 0.05) is 12.2 Å². The number of ether oxygens (including phenoxy) is 1. The number of hydrogen-bond donors (Lipinski definition) is 2. The van der Waals surface area contributed by atoms with E-state index in [9.17, 15) is 18.0 Å². The van der Waals surface area contributed by atoms with Gasteiger partial charge in [0.05, 0.1) is 10.5 Å². The molecule has 0 aromatic heterocycles. The third-order valence-corrected chi connectivity index (χ3v) is 5.60. The van der Waals surface area contributed by atoms with Crippen LogP contribution in [0.4, 0.5) is 5.69 Å². The molecule has 0 bridgehead atoms. The van der Waals surface area contributed by atoms with Gasteiger partial charge in [0.1, 0.15) is 0 Å². The number of rotatable bonds is 8. The number of carbonyl (C=O) groups excluding carboxylic acids is 2. The molecule has 1 amide bonds. The van der Waals surface area contributed by atoms with Crippen molar-refractivity contribution in [2.24, 2.45) is 0 Å². The number of para-hydroxylation sites is 1. The molecule has 154 valence electrons. The van der Waals surface area contributed by atoms with E-state index in [-0.39, 0.29) is 17.0 Å². The zero-order chi connectivity index (χ0) is 21.6. The molecule has 0 spiro atoms. The van der Waals surface area contributed by atoms with Gasteiger partial charge in [-0.2, -0.15) is 0 Å². The molecule has 0 fully saturated rings. The van der Waals surface area contributed by atoms with Crippen LogP contribution in [0.15, 0.2) is 60.0 Å². The summed E-state index contributed by atoms with van der Waals surface area (Å²) in [5.74, 6) is -1.28. The Morgan fingerprint density at radius 2 is 1.76 bits per heavy atom. The number of sulfonamides is 1. The van der Waals surface area contributed by atoms with E-state index in [1.807, 2.05) is 32.0 Å². The van der Waals surface area contributed by atoms with Gasteiger partial charge in [-0.05, 0) is 50.1 Å². The first-order valence-corrected chi connectivity index (χ1v) is 10.4. The van der Waals surface area contributed by atoms with Gasteiger partial charge in [0.25, 0.3) is 5.91 Å². The van der Waals surface area contributed by atoms with Gasteiger partial charge < -0.3 is 10.1 Å². The summed E-state index contributed by atoms with van der Waals surface area (Å²) in [6.45, 7) is 8.70. The summed E-state index contributed by atoms with van der Waals surface area (Å²) >= 11 is 0. The third-order valence-electron chi connectivity index (χ3n) is 4.18. The molecule has 0 aliphatic rings.